The van der Waals surface area contributed by atoms with Crippen LogP contribution in [0.2, 0.25) is 0 Å². The molecule has 0 aliphatic heterocycles. The van der Waals surface area contributed by atoms with Crippen molar-refractivity contribution < 1.29 is 27.9 Å². The van der Waals surface area contributed by atoms with Crippen molar-refractivity contribution in [3.8, 4) is 11.1 Å². The first-order chi connectivity index (χ1) is 14.6. The van der Waals surface area contributed by atoms with E-state index in [1.54, 1.807) is 29.1 Å². The Hall–Kier alpha value is -3.27. The number of amides is 1. The van der Waals surface area contributed by atoms with Crippen molar-refractivity contribution in [1.29, 1.82) is 0 Å². The highest BCUT2D eigenvalue weighted by Gasteiger charge is 2.35. The van der Waals surface area contributed by atoms with Crippen molar-refractivity contribution in [2.24, 2.45) is 5.73 Å². The number of fused-ring (bicyclic) bond motifs is 1. The highest BCUT2D eigenvalue weighted by Crippen LogP contribution is 2.35. The zero-order valence-electron chi connectivity index (χ0n) is 16.3. The fraction of sp³-hybridized carbons (Fsp3) is 0.333. The number of aldehydes is 1. The highest BCUT2D eigenvalue weighted by atomic mass is 19.4. The van der Waals surface area contributed by atoms with E-state index in [9.17, 15) is 27.9 Å². The molecule has 1 aliphatic carbocycles. The van der Waals surface area contributed by atoms with Gasteiger partial charge >= 0.3 is 6.18 Å². The van der Waals surface area contributed by atoms with Gasteiger partial charge in [-0.1, -0.05) is 6.07 Å². The number of rotatable bonds is 4. The molecule has 162 valence electrons. The zero-order chi connectivity index (χ0) is 22.4. The summed E-state index contributed by atoms with van der Waals surface area (Å²) in [6.45, 7) is 0. The average molecular weight is 432 g/mol. The minimum Gasteiger partial charge on any atom is -0.382 e. The first kappa shape index (κ1) is 21.0. The zero-order valence-corrected chi connectivity index (χ0v) is 16.3. The molecule has 1 fully saturated rings. The van der Waals surface area contributed by atoms with Gasteiger partial charge in [0.25, 0.3) is 5.91 Å². The highest BCUT2D eigenvalue weighted by molar-refractivity contribution is 5.99. The lowest BCUT2D eigenvalue weighted by Crippen LogP contribution is -2.36. The Labute approximate surface area is 174 Å². The normalized spacial score (nSPS) is 21.9. The van der Waals surface area contributed by atoms with Crippen LogP contribution in [0.1, 0.15) is 47.9 Å². The molecule has 2 heterocycles. The molecule has 0 unspecified atom stereocenters. The van der Waals surface area contributed by atoms with Crippen LogP contribution >= 0.6 is 0 Å². The summed E-state index contributed by atoms with van der Waals surface area (Å²) in [5.74, 6) is -1.05. The third-order valence-electron chi connectivity index (χ3n) is 5.67. The van der Waals surface area contributed by atoms with E-state index in [4.69, 9.17) is 5.73 Å². The molecule has 0 bridgehead atoms. The van der Waals surface area contributed by atoms with Gasteiger partial charge in [-0.05, 0) is 55.5 Å². The summed E-state index contributed by atoms with van der Waals surface area (Å²) in [6, 6.07) is 7.07. The molecule has 0 saturated heterocycles. The summed E-state index contributed by atoms with van der Waals surface area (Å²) in [6.07, 6.45) is -0.428. The lowest BCUT2D eigenvalue weighted by Gasteiger charge is -2.31. The molecular formula is C21H19F3N4O3. The number of carbonyl (C=O) groups is 2. The van der Waals surface area contributed by atoms with E-state index >= 15 is 0 Å². The number of nitrogens with zero attached hydrogens (tertiary/aromatic N) is 3. The average Bonchev–Trinajstić information content (AvgIpc) is 3.16. The first-order valence-electron chi connectivity index (χ1n) is 9.66. The van der Waals surface area contributed by atoms with Gasteiger partial charge in [-0.25, -0.2) is 4.98 Å². The largest absolute Gasteiger partial charge is 0.433 e. The molecular weight excluding hydrogens is 413 g/mol. The molecule has 31 heavy (non-hydrogen) atoms. The van der Waals surface area contributed by atoms with Gasteiger partial charge in [0.1, 0.15) is 17.0 Å². The van der Waals surface area contributed by atoms with Gasteiger partial charge in [-0.2, -0.15) is 18.3 Å². The Morgan fingerprint density at radius 1 is 1.23 bits per heavy atom. The maximum atomic E-state index is 13.0. The van der Waals surface area contributed by atoms with Gasteiger partial charge in [0.15, 0.2) is 6.29 Å². The van der Waals surface area contributed by atoms with E-state index in [0.717, 1.165) is 11.5 Å². The second-order valence-corrected chi connectivity index (χ2v) is 7.79. The molecule has 0 radical (unpaired) electrons. The van der Waals surface area contributed by atoms with Crippen LogP contribution in [-0.2, 0) is 11.0 Å². The molecule has 0 atom stereocenters. The Morgan fingerprint density at radius 2 is 1.94 bits per heavy atom. The van der Waals surface area contributed by atoms with Crippen molar-refractivity contribution in [2.75, 3.05) is 0 Å². The van der Waals surface area contributed by atoms with E-state index in [0.29, 0.717) is 43.0 Å². The van der Waals surface area contributed by atoms with Crippen LogP contribution in [0.15, 0.2) is 36.5 Å². The maximum absolute atomic E-state index is 13.0. The summed E-state index contributed by atoms with van der Waals surface area (Å²) < 4.78 is 40.7. The molecule has 3 N–H and O–H groups in total. The minimum atomic E-state index is -4.69. The standard InChI is InChI=1S/C21H19F3N4O3/c22-21(23,24)17-4-2-15(18(26-17)19(25)30)12-1-3-16-13(9-12)10-28(27-16)14-5-7-20(31,11-29)8-6-14/h1-4,9-11,14,31H,5-8H2,(H2,25,30). The first-order valence-corrected chi connectivity index (χ1v) is 9.66. The van der Waals surface area contributed by atoms with Crippen LogP contribution in [0, 0.1) is 0 Å². The van der Waals surface area contributed by atoms with Crippen LogP contribution in [0.4, 0.5) is 13.2 Å². The number of halogens is 3. The predicted molar refractivity (Wildman–Crippen MR) is 105 cm³/mol. The third kappa shape index (κ3) is 4.02. The number of hydrogen-bond donors (Lipinski definition) is 2. The van der Waals surface area contributed by atoms with Crippen LogP contribution in [0.3, 0.4) is 0 Å². The maximum Gasteiger partial charge on any atom is 0.433 e. The second kappa shape index (κ2) is 7.45. The van der Waals surface area contributed by atoms with Gasteiger partial charge < -0.3 is 15.6 Å². The summed E-state index contributed by atoms with van der Waals surface area (Å²) in [7, 11) is 0. The third-order valence-corrected chi connectivity index (χ3v) is 5.67. The number of hydrogen-bond acceptors (Lipinski definition) is 5. The van der Waals surface area contributed by atoms with Crippen LogP contribution < -0.4 is 5.73 Å². The summed E-state index contributed by atoms with van der Waals surface area (Å²) in [5, 5.41) is 15.3. The molecule has 1 amide bonds. The van der Waals surface area contributed by atoms with Gasteiger partial charge in [-0.15, -0.1) is 0 Å². The van der Waals surface area contributed by atoms with Crippen LogP contribution in [-0.4, -0.2) is 37.7 Å². The van der Waals surface area contributed by atoms with Crippen LogP contribution in [0.25, 0.3) is 22.0 Å². The van der Waals surface area contributed by atoms with E-state index in [1.165, 1.54) is 6.07 Å². The SMILES string of the molecule is NC(=O)c1nc(C(F)(F)F)ccc1-c1ccc2nn(C3CCC(O)(C=O)CC3)cc2c1. The Bertz CT molecular complexity index is 1160. The van der Waals surface area contributed by atoms with Crippen molar-refractivity contribution in [2.45, 2.75) is 43.5 Å². The Balaban J connectivity index is 1.68. The predicted octanol–water partition coefficient (Wildman–Crippen LogP) is 3.26. The number of primary amides is 1. The summed E-state index contributed by atoms with van der Waals surface area (Å²) in [5.41, 5.74) is 3.71. The number of benzene rings is 1. The number of nitrogens with two attached hydrogens (primary N) is 1. The quantitative estimate of drug-likeness (QED) is 0.615. The molecule has 3 aromatic rings. The summed E-state index contributed by atoms with van der Waals surface area (Å²) >= 11 is 0. The number of pyridine rings is 1. The fourth-order valence-electron chi connectivity index (χ4n) is 3.92. The topological polar surface area (TPSA) is 111 Å². The second-order valence-electron chi connectivity index (χ2n) is 7.79. The van der Waals surface area contributed by atoms with E-state index in [2.05, 4.69) is 10.1 Å². The number of aromatic nitrogens is 3. The molecule has 7 nitrogen and oxygen atoms in total. The fourth-order valence-corrected chi connectivity index (χ4v) is 3.92. The lowest BCUT2D eigenvalue weighted by atomic mass is 9.83. The monoisotopic (exact) mass is 432 g/mol. The van der Waals surface area contributed by atoms with Gasteiger partial charge in [0, 0.05) is 17.1 Å². The minimum absolute atomic E-state index is 0.0185. The lowest BCUT2D eigenvalue weighted by molar-refractivity contribution is -0.141. The number of carbonyl (C=O) groups excluding carboxylic acids is 2. The van der Waals surface area contributed by atoms with E-state index in [-0.39, 0.29) is 11.6 Å². The molecule has 0 spiro atoms. The van der Waals surface area contributed by atoms with Crippen molar-refractivity contribution in [1.82, 2.24) is 14.8 Å². The molecule has 2 aromatic heterocycles. The van der Waals surface area contributed by atoms with Gasteiger partial charge in [-0.3, -0.25) is 9.48 Å². The van der Waals surface area contributed by atoms with Gasteiger partial charge in [0.05, 0.1) is 11.6 Å². The smallest absolute Gasteiger partial charge is 0.382 e. The Morgan fingerprint density at radius 3 is 2.55 bits per heavy atom. The van der Waals surface area contributed by atoms with Crippen molar-refractivity contribution >= 4 is 23.1 Å². The summed E-state index contributed by atoms with van der Waals surface area (Å²) in [4.78, 5) is 26.2. The van der Waals surface area contributed by atoms with Crippen molar-refractivity contribution in [3.05, 3.63) is 47.9 Å². The van der Waals surface area contributed by atoms with Crippen molar-refractivity contribution in [3.63, 3.8) is 0 Å². The van der Waals surface area contributed by atoms with E-state index < -0.39 is 29.1 Å². The molecule has 1 aromatic carbocycles. The number of alkyl halides is 3. The Kier molecular flexibility index (Phi) is 5.04. The van der Waals surface area contributed by atoms with E-state index in [1.807, 2.05) is 0 Å². The van der Waals surface area contributed by atoms with Crippen LogP contribution in [0.5, 0.6) is 0 Å². The molecule has 1 saturated carbocycles. The molecule has 1 aliphatic rings. The molecule has 10 heteroatoms. The molecule has 4 rings (SSSR count). The van der Waals surface area contributed by atoms with Gasteiger partial charge in [0.2, 0.25) is 0 Å². The number of aliphatic hydroxyl groups is 1.